The Bertz CT molecular complexity index is 1030. The number of rotatable bonds is 5. The van der Waals surface area contributed by atoms with Crippen LogP contribution < -0.4 is 0 Å². The van der Waals surface area contributed by atoms with Gasteiger partial charge in [-0.15, -0.1) is 10.2 Å². The Morgan fingerprint density at radius 1 is 1.19 bits per heavy atom. The number of aromatic nitrogens is 1. The standard InChI is InChI=1S/C17H14N4O5/c22-14-4-2-1-3-10(14)5-8-15(23)19-20-16-12-9-11(21(25)26)6-7-13(12)18-17(16)24/h1-4,6-7,9,18,22,24H,5,8H2. The number of fused-ring (bicyclic) bond motifs is 1. The maximum absolute atomic E-state index is 11.9. The summed E-state index contributed by atoms with van der Waals surface area (Å²) in [5.74, 6) is -0.788. The number of nitro groups is 1. The van der Waals surface area contributed by atoms with Crippen LogP contribution in [0.3, 0.4) is 0 Å². The summed E-state index contributed by atoms with van der Waals surface area (Å²) in [4.78, 5) is 24.8. The molecule has 1 amide bonds. The molecule has 2 aromatic carbocycles. The number of H-pyrrole nitrogens is 1. The molecule has 0 unspecified atom stereocenters. The Kier molecular flexibility index (Phi) is 4.61. The number of carbonyl (C=O) groups excluding carboxylic acids is 1. The topological polar surface area (TPSA) is 141 Å². The lowest BCUT2D eigenvalue weighted by Crippen LogP contribution is -1.95. The fraction of sp³-hybridized carbons (Fsp3) is 0.118. The summed E-state index contributed by atoms with van der Waals surface area (Å²) in [5, 5.41) is 38.0. The van der Waals surface area contributed by atoms with E-state index in [1.807, 2.05) is 0 Å². The predicted molar refractivity (Wildman–Crippen MR) is 92.6 cm³/mol. The fourth-order valence-corrected chi connectivity index (χ4v) is 2.49. The minimum atomic E-state index is -0.568. The molecule has 26 heavy (non-hydrogen) atoms. The molecule has 0 atom stereocenters. The van der Waals surface area contributed by atoms with Crippen molar-refractivity contribution in [2.75, 3.05) is 0 Å². The van der Waals surface area contributed by atoms with Crippen LogP contribution in [-0.4, -0.2) is 26.0 Å². The van der Waals surface area contributed by atoms with E-state index >= 15 is 0 Å². The number of azo groups is 1. The van der Waals surface area contributed by atoms with Gasteiger partial charge < -0.3 is 15.2 Å². The van der Waals surface area contributed by atoms with E-state index in [-0.39, 0.29) is 41.2 Å². The van der Waals surface area contributed by atoms with Gasteiger partial charge >= 0.3 is 0 Å². The number of phenols is 1. The van der Waals surface area contributed by atoms with Crippen molar-refractivity contribution < 1.29 is 19.9 Å². The first-order valence-corrected chi connectivity index (χ1v) is 7.66. The first-order chi connectivity index (χ1) is 12.5. The number of nitro benzene ring substituents is 1. The molecule has 0 spiro atoms. The van der Waals surface area contributed by atoms with Crippen molar-refractivity contribution in [3.8, 4) is 11.6 Å². The molecule has 0 bridgehead atoms. The van der Waals surface area contributed by atoms with Gasteiger partial charge in [-0.25, -0.2) is 0 Å². The molecule has 3 N–H and O–H groups in total. The number of benzene rings is 2. The number of aryl methyl sites for hydroxylation is 1. The average molecular weight is 354 g/mol. The van der Waals surface area contributed by atoms with Crippen molar-refractivity contribution in [3.63, 3.8) is 0 Å². The Morgan fingerprint density at radius 2 is 1.96 bits per heavy atom. The van der Waals surface area contributed by atoms with Crippen molar-refractivity contribution >= 4 is 28.2 Å². The molecule has 0 aliphatic rings. The number of aromatic hydroxyl groups is 2. The third-order valence-corrected chi connectivity index (χ3v) is 3.81. The zero-order valence-corrected chi connectivity index (χ0v) is 13.4. The molecule has 0 radical (unpaired) electrons. The van der Waals surface area contributed by atoms with Gasteiger partial charge in [0.1, 0.15) is 5.75 Å². The summed E-state index contributed by atoms with van der Waals surface area (Å²) in [7, 11) is 0. The number of hydrogen-bond donors (Lipinski definition) is 3. The van der Waals surface area contributed by atoms with Crippen LogP contribution in [0.2, 0.25) is 0 Å². The van der Waals surface area contributed by atoms with E-state index in [1.165, 1.54) is 24.3 Å². The maximum Gasteiger partial charge on any atom is 0.270 e. The number of nitrogens with zero attached hydrogens (tertiary/aromatic N) is 3. The second-order valence-corrected chi connectivity index (χ2v) is 5.53. The number of phenolic OH excluding ortho intramolecular Hbond substituents is 1. The Morgan fingerprint density at radius 3 is 2.69 bits per heavy atom. The van der Waals surface area contributed by atoms with Crippen molar-refractivity contribution in [3.05, 3.63) is 58.1 Å². The lowest BCUT2D eigenvalue weighted by Gasteiger charge is -2.01. The second-order valence-electron chi connectivity index (χ2n) is 5.53. The second kappa shape index (κ2) is 7.01. The number of nitrogens with one attached hydrogen (secondary N) is 1. The largest absolute Gasteiger partial charge is 0.508 e. The molecule has 1 heterocycles. The van der Waals surface area contributed by atoms with E-state index in [9.17, 15) is 25.1 Å². The Labute approximate surface area is 146 Å². The number of non-ortho nitro benzene ring substituents is 1. The van der Waals surface area contributed by atoms with Crippen LogP contribution in [0.1, 0.15) is 12.0 Å². The van der Waals surface area contributed by atoms with Crippen LogP contribution in [-0.2, 0) is 11.2 Å². The summed E-state index contributed by atoms with van der Waals surface area (Å²) < 4.78 is 0. The molecule has 0 fully saturated rings. The van der Waals surface area contributed by atoms with Crippen LogP contribution in [0.4, 0.5) is 11.4 Å². The van der Waals surface area contributed by atoms with E-state index in [0.717, 1.165) is 0 Å². The number of amides is 1. The third-order valence-electron chi connectivity index (χ3n) is 3.81. The van der Waals surface area contributed by atoms with E-state index in [1.54, 1.807) is 18.2 Å². The van der Waals surface area contributed by atoms with Crippen LogP contribution in [0.15, 0.2) is 52.7 Å². The summed E-state index contributed by atoms with van der Waals surface area (Å²) in [5.41, 5.74) is 0.837. The van der Waals surface area contributed by atoms with Crippen LogP contribution in [0, 0.1) is 10.1 Å². The average Bonchev–Trinajstić information content (AvgIpc) is 2.93. The van der Waals surface area contributed by atoms with Crippen molar-refractivity contribution in [1.29, 1.82) is 0 Å². The van der Waals surface area contributed by atoms with Gasteiger partial charge in [-0.2, -0.15) is 0 Å². The molecule has 0 saturated carbocycles. The highest BCUT2D eigenvalue weighted by Gasteiger charge is 2.15. The van der Waals surface area contributed by atoms with Gasteiger partial charge in [-0.05, 0) is 24.1 Å². The molecule has 0 saturated heterocycles. The lowest BCUT2D eigenvalue weighted by molar-refractivity contribution is -0.384. The number of carbonyl (C=O) groups is 1. The molecule has 9 heteroatoms. The van der Waals surface area contributed by atoms with Gasteiger partial charge in [0.15, 0.2) is 5.69 Å². The molecule has 132 valence electrons. The lowest BCUT2D eigenvalue weighted by atomic mass is 10.1. The summed E-state index contributed by atoms with van der Waals surface area (Å²) >= 11 is 0. The zero-order valence-electron chi connectivity index (χ0n) is 13.4. The molecule has 1 aromatic heterocycles. The molecule has 9 nitrogen and oxygen atoms in total. The number of hydrogen-bond acceptors (Lipinski definition) is 6. The van der Waals surface area contributed by atoms with Crippen molar-refractivity contribution in [2.24, 2.45) is 10.2 Å². The van der Waals surface area contributed by atoms with Gasteiger partial charge in [0.25, 0.3) is 11.6 Å². The highest BCUT2D eigenvalue weighted by atomic mass is 16.6. The number of aromatic amines is 1. The van der Waals surface area contributed by atoms with Gasteiger partial charge in [0.2, 0.25) is 5.88 Å². The first kappa shape index (κ1) is 17.1. The van der Waals surface area contributed by atoms with Gasteiger partial charge in [-0.3, -0.25) is 14.9 Å². The summed E-state index contributed by atoms with van der Waals surface area (Å²) in [6.45, 7) is 0. The normalized spacial score (nSPS) is 11.2. The fourth-order valence-electron chi connectivity index (χ4n) is 2.49. The highest BCUT2D eigenvalue weighted by Crippen LogP contribution is 2.37. The zero-order chi connectivity index (χ0) is 18.7. The first-order valence-electron chi connectivity index (χ1n) is 7.66. The van der Waals surface area contributed by atoms with Gasteiger partial charge in [0.05, 0.1) is 10.4 Å². The smallest absolute Gasteiger partial charge is 0.270 e. The predicted octanol–water partition coefficient (Wildman–Crippen LogP) is 3.73. The third kappa shape index (κ3) is 3.51. The summed E-state index contributed by atoms with van der Waals surface area (Å²) in [6, 6.07) is 10.6. The molecule has 0 aliphatic heterocycles. The Balaban J connectivity index is 1.78. The van der Waals surface area contributed by atoms with Gasteiger partial charge in [-0.1, -0.05) is 18.2 Å². The Hall–Kier alpha value is -3.75. The monoisotopic (exact) mass is 354 g/mol. The van der Waals surface area contributed by atoms with E-state index in [4.69, 9.17) is 0 Å². The van der Waals surface area contributed by atoms with Gasteiger partial charge in [0, 0.05) is 23.9 Å². The minimum Gasteiger partial charge on any atom is -0.508 e. The van der Waals surface area contributed by atoms with E-state index < -0.39 is 10.8 Å². The maximum atomic E-state index is 11.9. The quantitative estimate of drug-likeness (QED) is 0.363. The van der Waals surface area contributed by atoms with Crippen LogP contribution in [0.5, 0.6) is 11.6 Å². The van der Waals surface area contributed by atoms with Crippen molar-refractivity contribution in [2.45, 2.75) is 12.8 Å². The summed E-state index contributed by atoms with van der Waals surface area (Å²) in [6.07, 6.45) is 0.306. The molecular formula is C17H14N4O5. The van der Waals surface area contributed by atoms with E-state index in [2.05, 4.69) is 15.2 Å². The molecule has 3 rings (SSSR count). The van der Waals surface area contributed by atoms with E-state index in [0.29, 0.717) is 11.1 Å². The number of para-hydroxylation sites is 1. The van der Waals surface area contributed by atoms with Crippen LogP contribution in [0.25, 0.3) is 10.9 Å². The molecule has 3 aromatic rings. The van der Waals surface area contributed by atoms with Crippen LogP contribution >= 0.6 is 0 Å². The SMILES string of the molecule is O=C(CCc1ccccc1O)N=Nc1c(O)[nH]c2ccc([N+](=O)[O-])cc12. The molecule has 0 aliphatic carbocycles. The minimum absolute atomic E-state index is 0.0182. The highest BCUT2D eigenvalue weighted by molar-refractivity contribution is 5.95. The van der Waals surface area contributed by atoms with Crippen molar-refractivity contribution in [1.82, 2.24) is 4.98 Å². The molecular weight excluding hydrogens is 340 g/mol.